The SMILES string of the molecule is COc1ccc(C2=NN(Cc3ccc(CN4CCC(=O)CC4)cc3)C(=O)[C@H]3CC=CC[C@@H]23)cc1OC. The van der Waals surface area contributed by atoms with E-state index in [-0.39, 0.29) is 17.7 Å². The fourth-order valence-electron chi connectivity index (χ4n) is 5.36. The van der Waals surface area contributed by atoms with Crippen LogP contribution in [0.3, 0.4) is 0 Å². The van der Waals surface area contributed by atoms with E-state index in [1.54, 1.807) is 19.2 Å². The van der Waals surface area contributed by atoms with Gasteiger partial charge in [-0.25, -0.2) is 5.01 Å². The maximum absolute atomic E-state index is 13.4. The molecule has 0 radical (unpaired) electrons. The Bertz CT molecular complexity index is 1180. The van der Waals surface area contributed by atoms with Crippen LogP contribution in [0.15, 0.2) is 59.7 Å². The topological polar surface area (TPSA) is 71.4 Å². The number of allylic oxidation sites excluding steroid dienone is 2. The van der Waals surface area contributed by atoms with Gasteiger partial charge in [0.1, 0.15) is 5.78 Å². The first-order chi connectivity index (χ1) is 17.6. The first kappa shape index (κ1) is 24.3. The van der Waals surface area contributed by atoms with Gasteiger partial charge in [0.2, 0.25) is 5.91 Å². The molecule has 2 atom stereocenters. The van der Waals surface area contributed by atoms with Crippen molar-refractivity contribution in [1.82, 2.24) is 9.91 Å². The first-order valence-corrected chi connectivity index (χ1v) is 12.6. The van der Waals surface area contributed by atoms with Crippen molar-refractivity contribution in [1.29, 1.82) is 0 Å². The summed E-state index contributed by atoms with van der Waals surface area (Å²) in [5, 5.41) is 6.53. The number of ketones is 1. The number of hydrogen-bond acceptors (Lipinski definition) is 6. The molecule has 2 aliphatic heterocycles. The van der Waals surface area contributed by atoms with Crippen molar-refractivity contribution in [3.8, 4) is 11.5 Å². The molecule has 0 saturated carbocycles. The number of nitrogens with zero attached hydrogens (tertiary/aromatic N) is 3. The Balaban J connectivity index is 1.36. The number of carbonyl (C=O) groups excluding carboxylic acids is 2. The minimum absolute atomic E-state index is 0.0515. The van der Waals surface area contributed by atoms with Crippen LogP contribution in [0.4, 0.5) is 0 Å². The number of fused-ring (bicyclic) bond motifs is 1. The van der Waals surface area contributed by atoms with Gasteiger partial charge >= 0.3 is 0 Å². The van der Waals surface area contributed by atoms with Crippen LogP contribution >= 0.6 is 0 Å². The van der Waals surface area contributed by atoms with Gasteiger partial charge in [-0.15, -0.1) is 0 Å². The Hall–Kier alpha value is -3.45. The normalized spacial score (nSPS) is 22.3. The molecule has 1 amide bonds. The second-order valence-electron chi connectivity index (χ2n) is 9.74. The third-order valence-corrected chi connectivity index (χ3v) is 7.44. The van der Waals surface area contributed by atoms with E-state index in [0.717, 1.165) is 49.3 Å². The first-order valence-electron chi connectivity index (χ1n) is 12.6. The molecular formula is C29H33N3O4. The lowest BCUT2D eigenvalue weighted by Crippen LogP contribution is -2.45. The maximum Gasteiger partial charge on any atom is 0.247 e. The largest absolute Gasteiger partial charge is 0.493 e. The van der Waals surface area contributed by atoms with Crippen LogP contribution in [0.25, 0.3) is 0 Å². The molecular weight excluding hydrogens is 454 g/mol. The Kier molecular flexibility index (Phi) is 7.18. The molecule has 0 aromatic heterocycles. The summed E-state index contributed by atoms with van der Waals surface area (Å²) in [5.74, 6) is 1.69. The molecule has 1 saturated heterocycles. The molecule has 36 heavy (non-hydrogen) atoms. The monoisotopic (exact) mass is 487 g/mol. The highest BCUT2D eigenvalue weighted by Crippen LogP contribution is 2.37. The van der Waals surface area contributed by atoms with Gasteiger partial charge in [0.05, 0.1) is 32.4 Å². The second kappa shape index (κ2) is 10.7. The van der Waals surface area contributed by atoms with Gasteiger partial charge in [-0.3, -0.25) is 14.5 Å². The standard InChI is InChI=1S/C29H33N3O4/c1-35-26-12-11-22(17-27(26)36-2)28-24-5-3-4-6-25(24)29(34)32(30-28)19-21-9-7-20(8-10-21)18-31-15-13-23(33)14-16-31/h3-4,7-12,17,24-25H,5-6,13-16,18-19H2,1-2H3/t24-,25+/m1/s1. The zero-order valence-corrected chi connectivity index (χ0v) is 21.0. The van der Waals surface area contributed by atoms with Crippen LogP contribution in [0.1, 0.15) is 42.4 Å². The van der Waals surface area contributed by atoms with E-state index in [9.17, 15) is 9.59 Å². The summed E-state index contributed by atoms with van der Waals surface area (Å²) in [4.78, 5) is 27.2. The summed E-state index contributed by atoms with van der Waals surface area (Å²) in [6.07, 6.45) is 7.08. The average molecular weight is 488 g/mol. The number of carbonyl (C=O) groups is 2. The van der Waals surface area contributed by atoms with Crippen LogP contribution in [0.2, 0.25) is 0 Å². The van der Waals surface area contributed by atoms with E-state index in [2.05, 4.69) is 41.3 Å². The minimum Gasteiger partial charge on any atom is -0.493 e. The molecule has 0 N–H and O–H groups in total. The van der Waals surface area contributed by atoms with Crippen LogP contribution in [-0.2, 0) is 22.7 Å². The lowest BCUT2D eigenvalue weighted by atomic mass is 9.76. The maximum atomic E-state index is 13.4. The van der Waals surface area contributed by atoms with Gasteiger partial charge in [-0.05, 0) is 42.2 Å². The molecule has 188 valence electrons. The number of hydrogen-bond donors (Lipinski definition) is 0. The van der Waals surface area contributed by atoms with Crippen molar-refractivity contribution in [2.75, 3.05) is 27.3 Å². The highest BCUT2D eigenvalue weighted by Gasteiger charge is 2.40. The molecule has 0 bridgehead atoms. The molecule has 7 nitrogen and oxygen atoms in total. The van der Waals surface area contributed by atoms with E-state index >= 15 is 0 Å². The molecule has 7 heteroatoms. The van der Waals surface area contributed by atoms with Crippen molar-refractivity contribution in [2.24, 2.45) is 16.9 Å². The lowest BCUT2D eigenvalue weighted by molar-refractivity contribution is -0.138. The number of Topliss-reactive ketones (excluding diaryl/α,β-unsaturated/α-hetero) is 1. The number of rotatable bonds is 7. The fourth-order valence-corrected chi connectivity index (χ4v) is 5.36. The molecule has 5 rings (SSSR count). The van der Waals surface area contributed by atoms with Gasteiger partial charge in [0.15, 0.2) is 11.5 Å². The minimum atomic E-state index is -0.114. The van der Waals surface area contributed by atoms with E-state index in [1.807, 2.05) is 18.2 Å². The lowest BCUT2D eigenvalue weighted by Gasteiger charge is -2.37. The number of piperidine rings is 1. The number of amides is 1. The average Bonchev–Trinajstić information content (AvgIpc) is 2.92. The van der Waals surface area contributed by atoms with Gasteiger partial charge in [-0.2, -0.15) is 5.10 Å². The van der Waals surface area contributed by atoms with Gasteiger partial charge in [0.25, 0.3) is 0 Å². The van der Waals surface area contributed by atoms with E-state index < -0.39 is 0 Å². The Morgan fingerprint density at radius 2 is 1.47 bits per heavy atom. The third kappa shape index (κ3) is 5.07. The van der Waals surface area contributed by atoms with Crippen LogP contribution in [-0.4, -0.2) is 54.6 Å². The third-order valence-electron chi connectivity index (χ3n) is 7.44. The van der Waals surface area contributed by atoms with E-state index in [1.165, 1.54) is 5.56 Å². The zero-order chi connectivity index (χ0) is 25.1. The van der Waals surface area contributed by atoms with Crippen LogP contribution < -0.4 is 9.47 Å². The summed E-state index contributed by atoms with van der Waals surface area (Å²) in [6.45, 7) is 2.93. The summed E-state index contributed by atoms with van der Waals surface area (Å²) in [7, 11) is 3.25. The van der Waals surface area contributed by atoms with Gasteiger partial charge in [-0.1, -0.05) is 36.4 Å². The highest BCUT2D eigenvalue weighted by atomic mass is 16.5. The predicted molar refractivity (Wildman–Crippen MR) is 138 cm³/mol. The number of methoxy groups -OCH3 is 2. The summed E-state index contributed by atoms with van der Waals surface area (Å²) < 4.78 is 10.9. The van der Waals surface area contributed by atoms with E-state index in [4.69, 9.17) is 14.6 Å². The van der Waals surface area contributed by atoms with Crippen molar-refractivity contribution in [3.63, 3.8) is 0 Å². The van der Waals surface area contributed by atoms with Crippen molar-refractivity contribution >= 4 is 17.4 Å². The molecule has 2 aromatic rings. The zero-order valence-electron chi connectivity index (χ0n) is 21.0. The molecule has 1 fully saturated rings. The summed E-state index contributed by atoms with van der Waals surface area (Å²) in [5.41, 5.74) is 4.12. The Labute approximate surface area is 212 Å². The number of benzene rings is 2. The van der Waals surface area contributed by atoms with Crippen LogP contribution in [0, 0.1) is 11.8 Å². The number of likely N-dealkylation sites (tertiary alicyclic amines) is 1. The molecule has 3 aliphatic rings. The van der Waals surface area contributed by atoms with E-state index in [0.29, 0.717) is 36.7 Å². The smallest absolute Gasteiger partial charge is 0.247 e. The summed E-state index contributed by atoms with van der Waals surface area (Å²) in [6, 6.07) is 14.2. The quantitative estimate of drug-likeness (QED) is 0.548. The number of hydrazone groups is 1. The molecule has 2 aromatic carbocycles. The van der Waals surface area contributed by atoms with Gasteiger partial charge < -0.3 is 9.47 Å². The van der Waals surface area contributed by atoms with Crippen molar-refractivity contribution in [2.45, 2.75) is 38.8 Å². The van der Waals surface area contributed by atoms with Crippen molar-refractivity contribution < 1.29 is 19.1 Å². The Morgan fingerprint density at radius 3 is 2.14 bits per heavy atom. The fraction of sp³-hybridized carbons (Fsp3) is 0.414. The van der Waals surface area contributed by atoms with Crippen LogP contribution in [0.5, 0.6) is 11.5 Å². The molecule has 0 unspecified atom stereocenters. The van der Waals surface area contributed by atoms with Crippen molar-refractivity contribution in [3.05, 3.63) is 71.3 Å². The molecule has 2 heterocycles. The highest BCUT2D eigenvalue weighted by molar-refractivity contribution is 6.07. The predicted octanol–water partition coefficient (Wildman–Crippen LogP) is 4.20. The second-order valence-corrected chi connectivity index (χ2v) is 9.74. The number of ether oxygens (including phenoxy) is 2. The van der Waals surface area contributed by atoms with Gasteiger partial charge in [0, 0.05) is 44.0 Å². The molecule has 0 spiro atoms. The molecule has 1 aliphatic carbocycles. The summed E-state index contributed by atoms with van der Waals surface area (Å²) >= 11 is 0. The Morgan fingerprint density at radius 1 is 0.833 bits per heavy atom.